The first-order chi connectivity index (χ1) is 8.42. The monoisotopic (exact) mass is 232 g/mol. The van der Waals surface area contributed by atoms with Crippen LogP contribution in [0.25, 0.3) is 11.0 Å². The molecule has 0 atom stereocenters. The molecule has 0 aliphatic carbocycles. The highest BCUT2D eigenvalue weighted by Crippen LogP contribution is 2.07. The van der Waals surface area contributed by atoms with E-state index in [0.29, 0.717) is 0 Å². The van der Waals surface area contributed by atoms with Gasteiger partial charge in [0.1, 0.15) is 6.54 Å². The van der Waals surface area contributed by atoms with Crippen LogP contribution in [-0.2, 0) is 6.54 Å². The van der Waals surface area contributed by atoms with E-state index in [1.807, 2.05) is 0 Å². The molecule has 3 rings (SSSR count). The van der Waals surface area contributed by atoms with E-state index in [1.54, 1.807) is 0 Å². The van der Waals surface area contributed by atoms with Crippen molar-refractivity contribution in [1.82, 2.24) is 9.88 Å². The number of hydrogen-bond acceptors (Lipinski definition) is 1. The first kappa shape index (κ1) is 10.7. The Morgan fingerprint density at radius 2 is 2.18 bits per heavy atom. The van der Waals surface area contributed by atoms with Crippen LogP contribution in [-0.4, -0.2) is 36.1 Å². The Hall–Kier alpha value is -1.39. The van der Waals surface area contributed by atoms with E-state index in [2.05, 4.69) is 44.5 Å². The SMILES string of the molecule is c1ccc2[nH+]c(CN3CCC[NH2+]CC3)[nH]c2c1. The van der Waals surface area contributed by atoms with Gasteiger partial charge in [-0.05, 0) is 12.1 Å². The summed E-state index contributed by atoms with van der Waals surface area (Å²) in [6.45, 7) is 5.89. The third-order valence-electron chi connectivity index (χ3n) is 3.41. The number of hydrogen-bond donors (Lipinski definition) is 2. The van der Waals surface area contributed by atoms with Gasteiger partial charge < -0.3 is 5.32 Å². The van der Waals surface area contributed by atoms with Crippen molar-refractivity contribution in [1.29, 1.82) is 0 Å². The van der Waals surface area contributed by atoms with Gasteiger partial charge in [0.2, 0.25) is 0 Å². The van der Waals surface area contributed by atoms with Crippen LogP contribution in [0.1, 0.15) is 12.2 Å². The van der Waals surface area contributed by atoms with E-state index in [1.165, 1.54) is 49.5 Å². The Morgan fingerprint density at radius 3 is 3.12 bits per heavy atom. The lowest BCUT2D eigenvalue weighted by Gasteiger charge is -2.14. The zero-order valence-electron chi connectivity index (χ0n) is 10.1. The molecule has 2 aromatic rings. The molecule has 0 radical (unpaired) electrons. The first-order valence-electron chi connectivity index (χ1n) is 6.45. The number of quaternary nitrogens is 1. The Labute approximate surface area is 101 Å². The molecule has 1 aliphatic heterocycles. The summed E-state index contributed by atoms with van der Waals surface area (Å²) >= 11 is 0. The second kappa shape index (κ2) is 4.85. The number of nitrogens with two attached hydrogens (primary N) is 1. The summed E-state index contributed by atoms with van der Waals surface area (Å²) in [6, 6.07) is 8.37. The summed E-state index contributed by atoms with van der Waals surface area (Å²) in [5, 5.41) is 2.41. The molecule has 0 unspecified atom stereocenters. The highest BCUT2D eigenvalue weighted by molar-refractivity contribution is 5.70. The van der Waals surface area contributed by atoms with Gasteiger partial charge in [-0.1, -0.05) is 12.1 Å². The first-order valence-corrected chi connectivity index (χ1v) is 6.45. The second-order valence-electron chi connectivity index (χ2n) is 4.77. The molecule has 0 spiro atoms. The predicted octanol–water partition coefficient (Wildman–Crippen LogP) is -0.249. The highest BCUT2D eigenvalue weighted by Gasteiger charge is 2.16. The lowest BCUT2D eigenvalue weighted by molar-refractivity contribution is -0.651. The Morgan fingerprint density at radius 1 is 1.24 bits per heavy atom. The van der Waals surface area contributed by atoms with Crippen molar-refractivity contribution in [2.75, 3.05) is 26.2 Å². The summed E-state index contributed by atoms with van der Waals surface area (Å²) in [7, 11) is 0. The van der Waals surface area contributed by atoms with Crippen molar-refractivity contribution in [3.05, 3.63) is 30.1 Å². The maximum Gasteiger partial charge on any atom is 0.267 e. The molecular weight excluding hydrogens is 212 g/mol. The number of para-hydroxylation sites is 2. The summed E-state index contributed by atoms with van der Waals surface area (Å²) in [4.78, 5) is 9.43. The van der Waals surface area contributed by atoms with Crippen molar-refractivity contribution in [2.45, 2.75) is 13.0 Å². The van der Waals surface area contributed by atoms with Crippen molar-refractivity contribution in [3.8, 4) is 0 Å². The summed E-state index contributed by atoms with van der Waals surface area (Å²) in [5.74, 6) is 1.22. The molecule has 0 bridgehead atoms. The van der Waals surface area contributed by atoms with Crippen LogP contribution >= 0.6 is 0 Å². The predicted molar refractivity (Wildman–Crippen MR) is 66.4 cm³/mol. The van der Waals surface area contributed by atoms with Crippen LogP contribution in [0.5, 0.6) is 0 Å². The third kappa shape index (κ3) is 2.48. The average molecular weight is 232 g/mol. The summed E-state index contributed by atoms with van der Waals surface area (Å²) in [6.07, 6.45) is 1.29. The van der Waals surface area contributed by atoms with E-state index in [9.17, 15) is 0 Å². The molecular formula is C13H20N4+2. The molecule has 4 heteroatoms. The largest absolute Gasteiger partial charge is 0.345 e. The van der Waals surface area contributed by atoms with Gasteiger partial charge in [0, 0.05) is 19.5 Å². The van der Waals surface area contributed by atoms with Gasteiger partial charge in [0.15, 0.2) is 11.0 Å². The molecule has 1 fully saturated rings. The molecule has 1 aromatic heterocycles. The van der Waals surface area contributed by atoms with Gasteiger partial charge in [-0.3, -0.25) is 4.90 Å². The van der Waals surface area contributed by atoms with Gasteiger partial charge in [0.05, 0.1) is 13.1 Å². The fraction of sp³-hybridized carbons (Fsp3) is 0.462. The van der Waals surface area contributed by atoms with Crippen molar-refractivity contribution < 1.29 is 10.3 Å². The zero-order valence-corrected chi connectivity index (χ0v) is 10.1. The van der Waals surface area contributed by atoms with Gasteiger partial charge in [-0.2, -0.15) is 0 Å². The topological polar surface area (TPSA) is 49.8 Å². The third-order valence-corrected chi connectivity index (χ3v) is 3.41. The van der Waals surface area contributed by atoms with Crippen LogP contribution in [0.15, 0.2) is 24.3 Å². The van der Waals surface area contributed by atoms with E-state index in [-0.39, 0.29) is 0 Å². The van der Waals surface area contributed by atoms with Crippen molar-refractivity contribution in [2.24, 2.45) is 0 Å². The van der Waals surface area contributed by atoms with Crippen LogP contribution in [0.2, 0.25) is 0 Å². The molecule has 1 aromatic carbocycles. The van der Waals surface area contributed by atoms with Crippen LogP contribution in [0.4, 0.5) is 0 Å². The maximum absolute atomic E-state index is 3.46. The number of benzene rings is 1. The van der Waals surface area contributed by atoms with Gasteiger partial charge >= 0.3 is 0 Å². The maximum atomic E-state index is 3.46. The molecule has 1 saturated heterocycles. The molecule has 2 heterocycles. The minimum Gasteiger partial charge on any atom is -0.345 e. The van der Waals surface area contributed by atoms with Crippen LogP contribution < -0.4 is 10.3 Å². The lowest BCUT2D eigenvalue weighted by atomic mass is 10.3. The number of H-pyrrole nitrogens is 2. The number of nitrogens with zero attached hydrogens (tertiary/aromatic N) is 1. The quantitative estimate of drug-likeness (QED) is 0.737. The number of imidazole rings is 1. The number of aromatic amines is 2. The molecule has 17 heavy (non-hydrogen) atoms. The summed E-state index contributed by atoms with van der Waals surface area (Å²) in [5.41, 5.74) is 2.40. The number of aromatic nitrogens is 2. The summed E-state index contributed by atoms with van der Waals surface area (Å²) < 4.78 is 0. The Kier molecular flexibility index (Phi) is 3.07. The normalized spacial score (nSPS) is 18.4. The Balaban J connectivity index is 1.75. The number of nitrogens with one attached hydrogen (secondary N) is 2. The smallest absolute Gasteiger partial charge is 0.267 e. The fourth-order valence-electron chi connectivity index (χ4n) is 2.51. The average Bonchev–Trinajstić information content (AvgIpc) is 2.57. The molecule has 0 saturated carbocycles. The minimum atomic E-state index is 1.00. The van der Waals surface area contributed by atoms with E-state index in [0.717, 1.165) is 6.54 Å². The molecule has 4 N–H and O–H groups in total. The standard InChI is InChI=1S/C13H18N4/c1-2-5-12-11(4-1)15-13(16-12)10-17-8-3-6-14-7-9-17/h1-2,4-5,14H,3,6-10H2,(H,15,16)/p+2. The lowest BCUT2D eigenvalue weighted by Crippen LogP contribution is -2.84. The van der Waals surface area contributed by atoms with E-state index < -0.39 is 0 Å². The fourth-order valence-corrected chi connectivity index (χ4v) is 2.51. The molecule has 1 aliphatic rings. The van der Waals surface area contributed by atoms with E-state index >= 15 is 0 Å². The molecule has 4 nitrogen and oxygen atoms in total. The van der Waals surface area contributed by atoms with Gasteiger partial charge in [-0.15, -0.1) is 0 Å². The van der Waals surface area contributed by atoms with Gasteiger partial charge in [0.25, 0.3) is 5.82 Å². The Bertz CT molecular complexity index is 450. The number of rotatable bonds is 2. The van der Waals surface area contributed by atoms with E-state index in [4.69, 9.17) is 0 Å². The zero-order chi connectivity index (χ0) is 11.5. The second-order valence-corrected chi connectivity index (χ2v) is 4.77. The molecule has 90 valence electrons. The van der Waals surface area contributed by atoms with Crippen molar-refractivity contribution >= 4 is 11.0 Å². The molecule has 0 amide bonds. The number of fused-ring (bicyclic) bond motifs is 1. The van der Waals surface area contributed by atoms with Crippen molar-refractivity contribution in [3.63, 3.8) is 0 Å². The van der Waals surface area contributed by atoms with Crippen LogP contribution in [0.3, 0.4) is 0 Å². The van der Waals surface area contributed by atoms with Crippen LogP contribution in [0, 0.1) is 0 Å². The van der Waals surface area contributed by atoms with Gasteiger partial charge in [-0.25, -0.2) is 9.97 Å². The minimum absolute atomic E-state index is 1.00. The highest BCUT2D eigenvalue weighted by atomic mass is 15.2.